The molecule has 4 nitrogen and oxygen atoms in total. The largest absolute Gasteiger partial charge is 0.391 e. The molecule has 1 aliphatic rings. The Kier molecular flexibility index (Phi) is 4.93. The minimum Gasteiger partial charge on any atom is -0.391 e. The topological polar surface area (TPSA) is 66.6 Å². The van der Waals surface area contributed by atoms with Gasteiger partial charge >= 0.3 is 0 Å². The summed E-state index contributed by atoms with van der Waals surface area (Å²) in [5, 5.41) is 9.65. The van der Waals surface area contributed by atoms with E-state index in [4.69, 9.17) is 5.73 Å². The molecule has 1 aromatic carbocycles. The van der Waals surface area contributed by atoms with E-state index < -0.39 is 0 Å². The van der Waals surface area contributed by atoms with Crippen molar-refractivity contribution < 1.29 is 9.90 Å². The molecule has 2 unspecified atom stereocenters. The number of β-amino-alcohol motifs (C(OH)–C–C–N with tert-alkyl or cyclic N) is 1. The van der Waals surface area contributed by atoms with Gasteiger partial charge in [-0.2, -0.15) is 0 Å². The summed E-state index contributed by atoms with van der Waals surface area (Å²) in [5.41, 5.74) is 6.88. The maximum absolute atomic E-state index is 12.4. The van der Waals surface area contributed by atoms with Crippen LogP contribution in [0.4, 0.5) is 0 Å². The van der Waals surface area contributed by atoms with Crippen molar-refractivity contribution in [2.75, 3.05) is 19.6 Å². The zero-order valence-corrected chi connectivity index (χ0v) is 11.2. The SMILES string of the molecule is NCC(Cc1ccccc1)C(=O)N1CCCC(O)C1. The third kappa shape index (κ3) is 3.78. The molecule has 1 amide bonds. The summed E-state index contributed by atoms with van der Waals surface area (Å²) in [7, 11) is 0. The number of hydrogen-bond donors (Lipinski definition) is 2. The van der Waals surface area contributed by atoms with E-state index in [2.05, 4.69) is 0 Å². The number of piperidine rings is 1. The van der Waals surface area contributed by atoms with Crippen molar-refractivity contribution in [1.29, 1.82) is 0 Å². The number of rotatable bonds is 4. The first-order valence-corrected chi connectivity index (χ1v) is 6.91. The molecule has 4 heteroatoms. The molecule has 0 spiro atoms. The maximum atomic E-state index is 12.4. The summed E-state index contributed by atoms with van der Waals surface area (Å²) < 4.78 is 0. The number of nitrogens with two attached hydrogens (primary N) is 1. The third-order valence-corrected chi connectivity index (χ3v) is 3.67. The van der Waals surface area contributed by atoms with Crippen molar-refractivity contribution in [2.24, 2.45) is 11.7 Å². The minimum atomic E-state index is -0.382. The monoisotopic (exact) mass is 262 g/mol. The van der Waals surface area contributed by atoms with Crippen LogP contribution in [-0.4, -0.2) is 41.7 Å². The highest BCUT2D eigenvalue weighted by atomic mass is 16.3. The highest BCUT2D eigenvalue weighted by molar-refractivity contribution is 5.79. The smallest absolute Gasteiger partial charge is 0.227 e. The van der Waals surface area contributed by atoms with Crippen molar-refractivity contribution >= 4 is 5.91 Å². The van der Waals surface area contributed by atoms with Crippen LogP contribution in [-0.2, 0) is 11.2 Å². The van der Waals surface area contributed by atoms with Crippen molar-refractivity contribution in [2.45, 2.75) is 25.4 Å². The van der Waals surface area contributed by atoms with Crippen molar-refractivity contribution in [3.63, 3.8) is 0 Å². The van der Waals surface area contributed by atoms with Gasteiger partial charge in [0.25, 0.3) is 0 Å². The molecular formula is C15H22N2O2. The third-order valence-electron chi connectivity index (χ3n) is 3.67. The first-order chi connectivity index (χ1) is 9.20. The van der Waals surface area contributed by atoms with Gasteiger partial charge in [0.15, 0.2) is 0 Å². The van der Waals surface area contributed by atoms with Gasteiger partial charge in [0, 0.05) is 19.6 Å². The zero-order valence-electron chi connectivity index (χ0n) is 11.2. The van der Waals surface area contributed by atoms with E-state index in [1.165, 1.54) is 0 Å². The van der Waals surface area contributed by atoms with E-state index in [9.17, 15) is 9.90 Å². The van der Waals surface area contributed by atoms with E-state index in [0.717, 1.165) is 24.9 Å². The van der Waals surface area contributed by atoms with Crippen LogP contribution in [0.25, 0.3) is 0 Å². The average Bonchev–Trinajstić information content (AvgIpc) is 2.45. The lowest BCUT2D eigenvalue weighted by Gasteiger charge is -2.32. The molecule has 2 rings (SSSR count). The molecule has 1 saturated heterocycles. The first-order valence-electron chi connectivity index (χ1n) is 6.91. The number of carbonyl (C=O) groups is 1. The summed E-state index contributed by atoms with van der Waals surface area (Å²) in [5.74, 6) is -0.113. The number of nitrogens with zero attached hydrogens (tertiary/aromatic N) is 1. The number of amides is 1. The second-order valence-corrected chi connectivity index (χ2v) is 5.20. The molecule has 1 fully saturated rings. The van der Waals surface area contributed by atoms with Gasteiger partial charge in [0.2, 0.25) is 5.91 Å². The van der Waals surface area contributed by atoms with Crippen LogP contribution in [0.5, 0.6) is 0 Å². The Morgan fingerprint density at radius 2 is 2.16 bits per heavy atom. The molecule has 1 aliphatic heterocycles. The Balaban J connectivity index is 1.98. The van der Waals surface area contributed by atoms with Crippen LogP contribution in [0, 0.1) is 5.92 Å². The minimum absolute atomic E-state index is 0.0742. The number of benzene rings is 1. The van der Waals surface area contributed by atoms with Gasteiger partial charge in [-0.1, -0.05) is 30.3 Å². The van der Waals surface area contributed by atoms with Crippen molar-refractivity contribution in [1.82, 2.24) is 4.90 Å². The molecule has 19 heavy (non-hydrogen) atoms. The summed E-state index contributed by atoms with van der Waals surface area (Å²) >= 11 is 0. The molecule has 0 aromatic heterocycles. The normalized spacial score (nSPS) is 21.2. The Labute approximate surface area is 114 Å². The zero-order chi connectivity index (χ0) is 13.7. The van der Waals surface area contributed by atoms with E-state index in [1.54, 1.807) is 4.90 Å². The Morgan fingerprint density at radius 3 is 2.79 bits per heavy atom. The van der Waals surface area contributed by atoms with E-state index in [0.29, 0.717) is 19.5 Å². The predicted molar refractivity (Wildman–Crippen MR) is 74.5 cm³/mol. The standard InChI is InChI=1S/C15H22N2O2/c16-10-13(9-12-5-2-1-3-6-12)15(19)17-8-4-7-14(18)11-17/h1-3,5-6,13-14,18H,4,7-11,16H2. The van der Waals surface area contributed by atoms with Gasteiger partial charge in [-0.15, -0.1) is 0 Å². The molecule has 0 saturated carbocycles. The number of likely N-dealkylation sites (tertiary alicyclic amines) is 1. The molecular weight excluding hydrogens is 240 g/mol. The van der Waals surface area contributed by atoms with Crippen LogP contribution >= 0.6 is 0 Å². The molecule has 3 N–H and O–H groups in total. The van der Waals surface area contributed by atoms with Gasteiger partial charge in [-0.3, -0.25) is 4.79 Å². The lowest BCUT2D eigenvalue weighted by molar-refractivity contribution is -0.138. The molecule has 0 aliphatic carbocycles. The van der Waals surface area contributed by atoms with Gasteiger partial charge < -0.3 is 15.7 Å². The van der Waals surface area contributed by atoms with Gasteiger partial charge in [0.05, 0.1) is 12.0 Å². The highest BCUT2D eigenvalue weighted by Gasteiger charge is 2.27. The fraction of sp³-hybridized carbons (Fsp3) is 0.533. The summed E-state index contributed by atoms with van der Waals surface area (Å²) in [6, 6.07) is 9.93. The maximum Gasteiger partial charge on any atom is 0.227 e. The molecule has 104 valence electrons. The number of hydrogen-bond acceptors (Lipinski definition) is 3. The first kappa shape index (κ1) is 14.0. The van der Waals surface area contributed by atoms with Crippen LogP contribution in [0.3, 0.4) is 0 Å². The fourth-order valence-corrected chi connectivity index (χ4v) is 2.58. The highest BCUT2D eigenvalue weighted by Crippen LogP contribution is 2.16. The Morgan fingerprint density at radius 1 is 1.42 bits per heavy atom. The second kappa shape index (κ2) is 6.68. The van der Waals surface area contributed by atoms with Crippen molar-refractivity contribution in [3.05, 3.63) is 35.9 Å². The Bertz CT molecular complexity index is 408. The predicted octanol–water partition coefficient (Wildman–Crippen LogP) is 0.787. The average molecular weight is 262 g/mol. The second-order valence-electron chi connectivity index (χ2n) is 5.20. The van der Waals surface area contributed by atoms with Crippen molar-refractivity contribution in [3.8, 4) is 0 Å². The molecule has 1 heterocycles. The van der Waals surface area contributed by atoms with Gasteiger partial charge in [-0.25, -0.2) is 0 Å². The quantitative estimate of drug-likeness (QED) is 0.843. The van der Waals surface area contributed by atoms with Gasteiger partial charge in [-0.05, 0) is 24.8 Å². The van der Waals surface area contributed by atoms with E-state index in [1.807, 2.05) is 30.3 Å². The number of carbonyl (C=O) groups excluding carboxylic acids is 1. The van der Waals surface area contributed by atoms with Crippen LogP contribution in [0.15, 0.2) is 30.3 Å². The van der Waals surface area contributed by atoms with E-state index in [-0.39, 0.29) is 17.9 Å². The fourth-order valence-electron chi connectivity index (χ4n) is 2.58. The van der Waals surface area contributed by atoms with E-state index >= 15 is 0 Å². The lowest BCUT2D eigenvalue weighted by atomic mass is 9.96. The molecule has 1 aromatic rings. The number of aliphatic hydroxyl groups is 1. The van der Waals surface area contributed by atoms with Crippen LogP contribution in [0.1, 0.15) is 18.4 Å². The molecule has 2 atom stereocenters. The Hall–Kier alpha value is -1.39. The molecule has 0 radical (unpaired) electrons. The summed E-state index contributed by atoms with van der Waals surface area (Å²) in [4.78, 5) is 14.2. The number of aliphatic hydroxyl groups excluding tert-OH is 1. The van der Waals surface area contributed by atoms with Crippen LogP contribution in [0.2, 0.25) is 0 Å². The summed E-state index contributed by atoms with van der Waals surface area (Å²) in [6.45, 7) is 1.53. The van der Waals surface area contributed by atoms with Crippen LogP contribution < -0.4 is 5.73 Å². The molecule has 0 bridgehead atoms. The summed E-state index contributed by atoms with van der Waals surface area (Å²) in [6.07, 6.45) is 1.95. The lowest BCUT2D eigenvalue weighted by Crippen LogP contribution is -2.46. The van der Waals surface area contributed by atoms with Gasteiger partial charge in [0.1, 0.15) is 0 Å².